The van der Waals surface area contributed by atoms with Crippen LogP contribution in [0, 0.1) is 0 Å². The summed E-state index contributed by atoms with van der Waals surface area (Å²) < 4.78 is 24.7. The predicted octanol–water partition coefficient (Wildman–Crippen LogP) is 3.16. The van der Waals surface area contributed by atoms with Gasteiger partial charge in [-0.3, -0.25) is 4.79 Å². The average Bonchev–Trinajstić information content (AvgIpc) is 2.60. The van der Waals surface area contributed by atoms with Gasteiger partial charge in [0.1, 0.15) is 0 Å². The fourth-order valence-electron chi connectivity index (χ4n) is 2.53. The highest BCUT2D eigenvalue weighted by Crippen LogP contribution is 2.15. The maximum absolute atomic E-state index is 12.3. The van der Waals surface area contributed by atoms with Gasteiger partial charge in [-0.1, -0.05) is 50.8 Å². The minimum absolute atomic E-state index is 0.0858. The Bertz CT molecular complexity index is 695. The molecule has 0 amide bonds. The van der Waals surface area contributed by atoms with Crippen LogP contribution >= 0.6 is 0 Å². The Morgan fingerprint density at radius 2 is 1.76 bits per heavy atom. The minimum Gasteiger partial charge on any atom is -0.393 e. The van der Waals surface area contributed by atoms with E-state index in [1.807, 2.05) is 0 Å². The molecule has 0 radical (unpaired) electrons. The molecule has 0 aliphatic rings. The lowest BCUT2D eigenvalue weighted by atomic mass is 10.0. The summed E-state index contributed by atoms with van der Waals surface area (Å²) in [4.78, 5) is 14.8. The lowest BCUT2D eigenvalue weighted by molar-refractivity contribution is -0.116. The third-order valence-electron chi connectivity index (χ3n) is 3.97. The first-order chi connectivity index (χ1) is 11.9. The molecule has 25 heavy (non-hydrogen) atoms. The first-order valence-corrected chi connectivity index (χ1v) is 10.1. The van der Waals surface area contributed by atoms with Crippen LogP contribution in [-0.2, 0) is 14.6 Å². The van der Waals surface area contributed by atoms with Crippen molar-refractivity contribution in [2.45, 2.75) is 69.3 Å². The van der Waals surface area contributed by atoms with E-state index < -0.39 is 26.8 Å². The molecule has 1 aromatic carbocycles. The van der Waals surface area contributed by atoms with Gasteiger partial charge >= 0.3 is 5.04 Å². The molecule has 1 N–H and O–H groups in total. The Labute approximate surface area is 149 Å². The topological polar surface area (TPSA) is 108 Å². The van der Waals surface area contributed by atoms with Gasteiger partial charge in [-0.15, -0.1) is 4.79 Å². The lowest BCUT2D eigenvalue weighted by Gasteiger charge is -2.09. The van der Waals surface area contributed by atoms with Gasteiger partial charge in [-0.25, -0.2) is 8.42 Å². The summed E-state index contributed by atoms with van der Waals surface area (Å²) in [5.74, 6) is -0.746. The predicted molar refractivity (Wildman–Crippen MR) is 95.9 cm³/mol. The van der Waals surface area contributed by atoms with Crippen molar-refractivity contribution >= 4 is 20.7 Å². The lowest BCUT2D eigenvalue weighted by Crippen LogP contribution is -2.26. The number of ketones is 1. The van der Waals surface area contributed by atoms with E-state index in [9.17, 15) is 18.3 Å². The van der Waals surface area contributed by atoms with Crippen molar-refractivity contribution in [2.24, 2.45) is 0 Å². The van der Waals surface area contributed by atoms with Gasteiger partial charge in [-0.2, -0.15) is 0 Å². The van der Waals surface area contributed by atoms with Gasteiger partial charge in [0, 0.05) is 6.42 Å². The third kappa shape index (κ3) is 6.90. The van der Waals surface area contributed by atoms with Crippen LogP contribution < -0.4 is 0 Å². The molecule has 0 saturated carbocycles. The molecule has 0 aliphatic heterocycles. The quantitative estimate of drug-likeness (QED) is 0.213. The fraction of sp³-hybridized carbons (Fsp3) is 0.556. The standard InChI is InChI=1S/C18H26N2O4S/c1-2-3-4-6-10-15(21)11-9-14-17(22)18(20-19)25(23,24)16-12-7-5-8-13-16/h5,7-8,12-13,15,21H,2-4,6,9-11,14H2,1H3. The van der Waals surface area contributed by atoms with Crippen LogP contribution in [0.1, 0.15) is 58.3 Å². The normalized spacial score (nSPS) is 12.4. The molecular weight excluding hydrogens is 340 g/mol. The maximum atomic E-state index is 12.3. The highest BCUT2D eigenvalue weighted by molar-refractivity contribution is 8.08. The summed E-state index contributed by atoms with van der Waals surface area (Å²) in [5.41, 5.74) is 9.01. The monoisotopic (exact) mass is 366 g/mol. The minimum atomic E-state index is -4.13. The zero-order valence-corrected chi connectivity index (χ0v) is 15.4. The van der Waals surface area contributed by atoms with E-state index in [0.717, 1.165) is 25.7 Å². The van der Waals surface area contributed by atoms with Gasteiger partial charge in [0.2, 0.25) is 0 Å². The molecule has 6 nitrogen and oxygen atoms in total. The Hall–Kier alpha value is -1.82. The van der Waals surface area contributed by atoms with Crippen LogP contribution in [0.25, 0.3) is 5.53 Å². The number of carbonyl (C=O) groups excluding carboxylic acids is 1. The van der Waals surface area contributed by atoms with Gasteiger partial charge in [0.05, 0.1) is 11.0 Å². The summed E-state index contributed by atoms with van der Waals surface area (Å²) in [5, 5.41) is 9.04. The Kier molecular flexibility index (Phi) is 9.27. The largest absolute Gasteiger partial charge is 0.451 e. The number of sulfone groups is 1. The Morgan fingerprint density at radius 3 is 2.36 bits per heavy atom. The van der Waals surface area contributed by atoms with Crippen LogP contribution in [0.4, 0.5) is 0 Å². The summed E-state index contributed by atoms with van der Waals surface area (Å²) in [6.45, 7) is 2.12. The zero-order chi connectivity index (χ0) is 18.7. The molecule has 0 aromatic heterocycles. The number of nitrogens with zero attached hydrogens (tertiary/aromatic N) is 2. The number of unbranched alkanes of at least 4 members (excludes halogenated alkanes) is 3. The van der Waals surface area contributed by atoms with Gasteiger partial charge in [0.15, 0.2) is 0 Å². The highest BCUT2D eigenvalue weighted by atomic mass is 32.2. The highest BCUT2D eigenvalue weighted by Gasteiger charge is 2.36. The zero-order valence-electron chi connectivity index (χ0n) is 14.6. The first kappa shape index (κ1) is 21.2. The molecule has 0 aliphatic carbocycles. The second-order valence-electron chi connectivity index (χ2n) is 6.04. The van der Waals surface area contributed by atoms with Crippen molar-refractivity contribution in [2.75, 3.05) is 0 Å². The maximum Gasteiger partial charge on any atom is 0.451 e. The molecule has 0 fully saturated rings. The second kappa shape index (κ2) is 10.9. The average molecular weight is 366 g/mol. The van der Waals surface area contributed by atoms with Crippen LogP contribution in [-0.4, -0.2) is 35.2 Å². The molecule has 1 atom stereocenters. The van der Waals surface area contributed by atoms with E-state index in [2.05, 4.69) is 11.7 Å². The number of hydrogen-bond acceptors (Lipinski definition) is 4. The molecule has 1 rings (SSSR count). The number of Topliss-reactive ketones (excluding diaryl/α,β-unsaturated/α-hetero) is 1. The smallest absolute Gasteiger partial charge is 0.393 e. The molecule has 138 valence electrons. The van der Waals surface area contributed by atoms with Crippen molar-refractivity contribution in [3.05, 3.63) is 35.9 Å². The van der Waals surface area contributed by atoms with Crippen LogP contribution in [0.2, 0.25) is 0 Å². The van der Waals surface area contributed by atoms with Crippen molar-refractivity contribution < 1.29 is 23.1 Å². The summed E-state index contributed by atoms with van der Waals surface area (Å²) in [6, 6.07) is 7.39. The molecule has 1 unspecified atom stereocenters. The van der Waals surface area contributed by atoms with Crippen molar-refractivity contribution in [3.63, 3.8) is 0 Å². The van der Waals surface area contributed by atoms with E-state index >= 15 is 0 Å². The number of aliphatic hydroxyl groups is 1. The summed E-state index contributed by atoms with van der Waals surface area (Å²) in [7, 11) is -4.13. The molecule has 0 heterocycles. The number of aliphatic hydroxyl groups excluding tert-OH is 1. The number of rotatable bonds is 11. The number of hydrogen-bond donors (Lipinski definition) is 1. The van der Waals surface area contributed by atoms with Crippen molar-refractivity contribution in [1.29, 1.82) is 0 Å². The number of carbonyl (C=O) groups is 1. The summed E-state index contributed by atoms with van der Waals surface area (Å²) in [6.07, 6.45) is 5.14. The first-order valence-electron chi connectivity index (χ1n) is 8.67. The van der Waals surface area contributed by atoms with Gasteiger partial charge in [-0.05, 0) is 31.4 Å². The van der Waals surface area contributed by atoms with Crippen molar-refractivity contribution in [1.82, 2.24) is 0 Å². The van der Waals surface area contributed by atoms with E-state index in [0.29, 0.717) is 19.3 Å². The molecule has 7 heteroatoms. The Balaban J connectivity index is 2.54. The number of benzene rings is 1. The van der Waals surface area contributed by atoms with Gasteiger partial charge < -0.3 is 10.6 Å². The Morgan fingerprint density at radius 1 is 1.12 bits per heavy atom. The van der Waals surface area contributed by atoms with Crippen molar-refractivity contribution in [3.8, 4) is 0 Å². The second-order valence-corrected chi connectivity index (χ2v) is 7.91. The third-order valence-corrected chi connectivity index (χ3v) is 5.68. The SMILES string of the molecule is CCCCCCC(O)CCCC(=O)C(=[N+]=[N-])S(=O)(=O)c1ccccc1. The molecule has 1 aromatic rings. The summed E-state index contributed by atoms with van der Waals surface area (Å²) >= 11 is 0. The van der Waals surface area contributed by atoms with Crippen LogP contribution in [0.3, 0.4) is 0 Å². The molecular formula is C18H26N2O4S. The van der Waals surface area contributed by atoms with E-state index in [1.54, 1.807) is 6.07 Å². The van der Waals surface area contributed by atoms with Crippen LogP contribution in [0.5, 0.6) is 0 Å². The van der Waals surface area contributed by atoms with E-state index in [1.165, 1.54) is 24.3 Å². The fourth-order valence-corrected chi connectivity index (χ4v) is 3.77. The van der Waals surface area contributed by atoms with Crippen LogP contribution in [0.15, 0.2) is 35.2 Å². The molecule has 0 saturated heterocycles. The van der Waals surface area contributed by atoms with Gasteiger partial charge in [0.25, 0.3) is 15.6 Å². The molecule has 0 spiro atoms. The molecule has 0 bridgehead atoms. The van der Waals surface area contributed by atoms with E-state index in [4.69, 9.17) is 5.53 Å². The van der Waals surface area contributed by atoms with E-state index in [-0.39, 0.29) is 11.3 Å².